The fourth-order valence-electron chi connectivity index (χ4n) is 2.43. The molecule has 0 fully saturated rings. The molecule has 0 aliphatic carbocycles. The van der Waals surface area contributed by atoms with Crippen molar-refractivity contribution < 1.29 is 18.7 Å². The topological polar surface area (TPSA) is 73.1 Å². The number of amides is 1. The Hall–Kier alpha value is -2.99. The summed E-state index contributed by atoms with van der Waals surface area (Å²) in [5.41, 5.74) is 3.60. The van der Waals surface area contributed by atoms with Gasteiger partial charge in [-0.3, -0.25) is 4.79 Å². The average molecular weight is 373 g/mol. The van der Waals surface area contributed by atoms with Crippen molar-refractivity contribution in [2.75, 3.05) is 13.7 Å². The van der Waals surface area contributed by atoms with Gasteiger partial charge >= 0.3 is 5.91 Å². The quantitative estimate of drug-likeness (QED) is 0.518. The van der Waals surface area contributed by atoms with Gasteiger partial charge in [0.1, 0.15) is 5.75 Å². The number of carbonyl (C=O) groups is 1. The van der Waals surface area contributed by atoms with Crippen molar-refractivity contribution >= 4 is 34.7 Å². The molecule has 0 aliphatic heterocycles. The Morgan fingerprint density at radius 1 is 1.27 bits per heavy atom. The number of methoxy groups -OCH3 is 1. The first-order chi connectivity index (χ1) is 12.6. The zero-order valence-electron chi connectivity index (χ0n) is 14.3. The Kier molecular flexibility index (Phi) is 5.43. The molecule has 0 spiro atoms. The molecule has 0 aliphatic rings. The van der Waals surface area contributed by atoms with Crippen LogP contribution in [0, 0.1) is 0 Å². The second kappa shape index (κ2) is 7.93. The molecule has 0 unspecified atom stereocenters. The number of nitrogens with one attached hydrogen (secondary N) is 1. The van der Waals surface area contributed by atoms with Gasteiger partial charge in [-0.05, 0) is 37.3 Å². The number of benzene rings is 2. The molecular formula is C19H17ClN2O4. The third kappa shape index (κ3) is 3.81. The van der Waals surface area contributed by atoms with Gasteiger partial charge in [-0.1, -0.05) is 23.7 Å². The van der Waals surface area contributed by atoms with Gasteiger partial charge in [0, 0.05) is 16.0 Å². The molecule has 6 nitrogen and oxygen atoms in total. The summed E-state index contributed by atoms with van der Waals surface area (Å²) in [5.74, 6) is 0.853. The monoisotopic (exact) mass is 372 g/mol. The number of nitrogens with zero attached hydrogens (tertiary/aromatic N) is 1. The third-order valence-electron chi connectivity index (χ3n) is 3.59. The van der Waals surface area contributed by atoms with Gasteiger partial charge in [-0.25, -0.2) is 5.43 Å². The molecule has 2 aromatic carbocycles. The lowest BCUT2D eigenvalue weighted by Crippen LogP contribution is -2.16. The number of fused-ring (bicyclic) bond motifs is 1. The maximum Gasteiger partial charge on any atom is 0.307 e. The van der Waals surface area contributed by atoms with Crippen molar-refractivity contribution in [3.05, 3.63) is 58.8 Å². The number of carbonyl (C=O) groups excluding carboxylic acids is 1. The molecule has 0 saturated heterocycles. The average Bonchev–Trinajstić information content (AvgIpc) is 3.08. The van der Waals surface area contributed by atoms with Gasteiger partial charge in [0.15, 0.2) is 17.1 Å². The van der Waals surface area contributed by atoms with E-state index in [0.29, 0.717) is 34.3 Å². The first kappa shape index (κ1) is 17.8. The highest BCUT2D eigenvalue weighted by Crippen LogP contribution is 2.28. The largest absolute Gasteiger partial charge is 0.493 e. The highest BCUT2D eigenvalue weighted by molar-refractivity contribution is 6.30. The van der Waals surface area contributed by atoms with Crippen LogP contribution in [-0.4, -0.2) is 25.8 Å². The Bertz CT molecular complexity index is 965. The van der Waals surface area contributed by atoms with Crippen molar-refractivity contribution in [3.8, 4) is 11.5 Å². The van der Waals surface area contributed by atoms with Crippen LogP contribution in [0.4, 0.5) is 0 Å². The number of ether oxygens (including phenoxy) is 2. The molecule has 3 rings (SSSR count). The van der Waals surface area contributed by atoms with Gasteiger partial charge < -0.3 is 13.9 Å². The fraction of sp³-hybridized carbons (Fsp3) is 0.158. The van der Waals surface area contributed by atoms with Crippen LogP contribution in [0.25, 0.3) is 11.0 Å². The first-order valence-electron chi connectivity index (χ1n) is 7.94. The smallest absolute Gasteiger partial charge is 0.307 e. The van der Waals surface area contributed by atoms with Crippen LogP contribution < -0.4 is 14.9 Å². The zero-order chi connectivity index (χ0) is 18.5. The maximum absolute atomic E-state index is 12.3. The summed E-state index contributed by atoms with van der Waals surface area (Å²) in [6, 6.07) is 12.2. The van der Waals surface area contributed by atoms with Crippen LogP contribution in [-0.2, 0) is 0 Å². The molecule has 3 aromatic rings. The minimum absolute atomic E-state index is 0.137. The molecular weight excluding hydrogens is 356 g/mol. The van der Waals surface area contributed by atoms with Gasteiger partial charge in [-0.2, -0.15) is 5.10 Å². The molecule has 1 aromatic heterocycles. The maximum atomic E-state index is 12.3. The number of hydrazone groups is 1. The Morgan fingerprint density at radius 3 is 2.88 bits per heavy atom. The number of rotatable bonds is 6. The highest BCUT2D eigenvalue weighted by atomic mass is 35.5. The van der Waals surface area contributed by atoms with E-state index in [9.17, 15) is 4.79 Å². The van der Waals surface area contributed by atoms with E-state index in [2.05, 4.69) is 10.5 Å². The molecule has 0 bridgehead atoms. The zero-order valence-corrected chi connectivity index (χ0v) is 15.0. The molecule has 0 saturated carbocycles. The normalized spacial score (nSPS) is 11.0. The van der Waals surface area contributed by atoms with Crippen LogP contribution in [0.1, 0.15) is 23.0 Å². The van der Waals surface area contributed by atoms with E-state index in [-0.39, 0.29) is 5.76 Å². The van der Waals surface area contributed by atoms with Crippen molar-refractivity contribution in [1.82, 2.24) is 5.43 Å². The summed E-state index contributed by atoms with van der Waals surface area (Å²) in [4.78, 5) is 12.3. The standard InChI is InChI=1S/C19H17ClN2O4/c1-3-25-15-8-7-14(20)9-13(15)11-21-22-19(23)17-10-12-5-4-6-16(24-2)18(12)26-17/h4-11H,3H2,1-2H3,(H,22,23)/b21-11-. The number of halogens is 1. The Balaban J connectivity index is 1.77. The number of hydrogen-bond acceptors (Lipinski definition) is 5. The predicted octanol–water partition coefficient (Wildman–Crippen LogP) is 4.26. The SMILES string of the molecule is CCOc1ccc(Cl)cc1/C=N\NC(=O)c1cc2cccc(OC)c2o1. The summed E-state index contributed by atoms with van der Waals surface area (Å²) < 4.78 is 16.3. The van der Waals surface area contributed by atoms with Crippen LogP contribution in [0.3, 0.4) is 0 Å². The van der Waals surface area contributed by atoms with Gasteiger partial charge in [-0.15, -0.1) is 0 Å². The van der Waals surface area contributed by atoms with Crippen molar-refractivity contribution in [3.63, 3.8) is 0 Å². The lowest BCUT2D eigenvalue weighted by atomic mass is 10.2. The summed E-state index contributed by atoms with van der Waals surface area (Å²) in [6.45, 7) is 2.39. The first-order valence-corrected chi connectivity index (χ1v) is 8.32. The van der Waals surface area contributed by atoms with Crippen LogP contribution in [0.2, 0.25) is 5.02 Å². The van der Waals surface area contributed by atoms with Gasteiger partial charge in [0.05, 0.1) is 19.9 Å². The summed E-state index contributed by atoms with van der Waals surface area (Å²) in [5, 5.41) is 5.28. The predicted molar refractivity (Wildman–Crippen MR) is 100 cm³/mol. The minimum Gasteiger partial charge on any atom is -0.493 e. The van der Waals surface area contributed by atoms with E-state index in [1.165, 1.54) is 6.21 Å². The number of hydrogen-bond donors (Lipinski definition) is 1. The summed E-state index contributed by atoms with van der Waals surface area (Å²) >= 11 is 6.00. The lowest BCUT2D eigenvalue weighted by molar-refractivity contribution is 0.0929. The van der Waals surface area contributed by atoms with E-state index in [4.69, 9.17) is 25.5 Å². The van der Waals surface area contributed by atoms with Gasteiger partial charge in [0.25, 0.3) is 0 Å². The second-order valence-electron chi connectivity index (χ2n) is 5.30. The van der Waals surface area contributed by atoms with Crippen LogP contribution in [0.15, 0.2) is 52.0 Å². The van der Waals surface area contributed by atoms with E-state index in [1.807, 2.05) is 19.1 Å². The summed E-state index contributed by atoms with van der Waals surface area (Å²) in [7, 11) is 1.54. The van der Waals surface area contributed by atoms with Gasteiger partial charge in [0.2, 0.25) is 0 Å². The van der Waals surface area contributed by atoms with E-state index in [1.54, 1.807) is 37.4 Å². The third-order valence-corrected chi connectivity index (χ3v) is 3.83. The van der Waals surface area contributed by atoms with Crippen LogP contribution >= 0.6 is 11.6 Å². The molecule has 0 atom stereocenters. The molecule has 1 amide bonds. The van der Waals surface area contributed by atoms with Crippen molar-refractivity contribution in [1.29, 1.82) is 0 Å². The van der Waals surface area contributed by atoms with Crippen molar-refractivity contribution in [2.24, 2.45) is 5.10 Å². The van der Waals surface area contributed by atoms with E-state index in [0.717, 1.165) is 5.39 Å². The lowest BCUT2D eigenvalue weighted by Gasteiger charge is -2.06. The number of furan rings is 1. The minimum atomic E-state index is -0.473. The Morgan fingerprint density at radius 2 is 2.12 bits per heavy atom. The fourth-order valence-corrected chi connectivity index (χ4v) is 2.61. The van der Waals surface area contributed by atoms with E-state index >= 15 is 0 Å². The summed E-state index contributed by atoms with van der Waals surface area (Å²) in [6.07, 6.45) is 1.47. The van der Waals surface area contributed by atoms with Crippen LogP contribution in [0.5, 0.6) is 11.5 Å². The molecule has 1 N–H and O–H groups in total. The molecule has 0 radical (unpaired) electrons. The molecule has 7 heteroatoms. The number of para-hydroxylation sites is 1. The molecule has 134 valence electrons. The Labute approximate surface area is 155 Å². The molecule has 1 heterocycles. The molecule has 26 heavy (non-hydrogen) atoms. The van der Waals surface area contributed by atoms with E-state index < -0.39 is 5.91 Å². The van der Waals surface area contributed by atoms with Crippen molar-refractivity contribution in [2.45, 2.75) is 6.92 Å². The second-order valence-corrected chi connectivity index (χ2v) is 5.74. The highest BCUT2D eigenvalue weighted by Gasteiger charge is 2.14.